The van der Waals surface area contributed by atoms with E-state index in [0.717, 1.165) is 88.4 Å². The molecule has 10 aromatic carbocycles. The third kappa shape index (κ3) is 5.72. The Kier molecular flexibility index (Phi) is 8.23. The smallest absolute Gasteiger partial charge is 0.238 e. The number of aromatic nitrogens is 6. The van der Waals surface area contributed by atoms with Crippen LogP contribution in [0.5, 0.6) is 0 Å². The Labute approximate surface area is 400 Å². The largest absolute Gasteiger partial charge is 0.456 e. The molecular formula is C63H38N6O. The van der Waals surface area contributed by atoms with Crippen LogP contribution in [0, 0.1) is 0 Å². The molecule has 0 fully saturated rings. The van der Waals surface area contributed by atoms with Crippen molar-refractivity contribution in [1.82, 2.24) is 28.7 Å². The highest BCUT2D eigenvalue weighted by Gasteiger charge is 2.22. The van der Waals surface area contributed by atoms with E-state index in [-0.39, 0.29) is 0 Å². The average molecular weight is 895 g/mol. The molecule has 7 nitrogen and oxygen atoms in total. The molecule has 0 aliphatic rings. The highest BCUT2D eigenvalue weighted by molar-refractivity contribution is 6.19. The molecule has 5 heterocycles. The molecule has 0 unspecified atom stereocenters. The third-order valence-corrected chi connectivity index (χ3v) is 14.1. The molecule has 326 valence electrons. The van der Waals surface area contributed by atoms with Crippen molar-refractivity contribution in [3.8, 4) is 51.2 Å². The van der Waals surface area contributed by atoms with Crippen molar-refractivity contribution in [2.45, 2.75) is 0 Å². The van der Waals surface area contributed by atoms with Crippen LogP contribution in [0.2, 0.25) is 0 Å². The monoisotopic (exact) mass is 894 g/mol. The summed E-state index contributed by atoms with van der Waals surface area (Å²) < 4.78 is 13.6. The highest BCUT2D eigenvalue weighted by atomic mass is 16.3. The zero-order valence-corrected chi connectivity index (χ0v) is 37.5. The van der Waals surface area contributed by atoms with Crippen molar-refractivity contribution in [3.05, 3.63) is 231 Å². The Morgan fingerprint density at radius 2 is 0.771 bits per heavy atom. The van der Waals surface area contributed by atoms with Gasteiger partial charge in [0.1, 0.15) is 11.2 Å². The van der Waals surface area contributed by atoms with E-state index in [9.17, 15) is 0 Å². The molecule has 5 aromatic heterocycles. The first-order valence-electron chi connectivity index (χ1n) is 23.6. The number of benzene rings is 10. The van der Waals surface area contributed by atoms with Crippen LogP contribution >= 0.6 is 0 Å². The molecule has 70 heavy (non-hydrogen) atoms. The summed E-state index contributed by atoms with van der Waals surface area (Å²) in [6.07, 6.45) is 0. The number of para-hydroxylation sites is 5. The number of hydrogen-bond donors (Lipinski definition) is 0. The van der Waals surface area contributed by atoms with Crippen molar-refractivity contribution in [3.63, 3.8) is 0 Å². The summed E-state index contributed by atoms with van der Waals surface area (Å²) in [7, 11) is 0. The first-order valence-corrected chi connectivity index (χ1v) is 23.6. The molecule has 0 N–H and O–H groups in total. The molecule has 0 saturated carbocycles. The molecule has 0 atom stereocenters. The second-order valence-electron chi connectivity index (χ2n) is 18.0. The summed E-state index contributed by atoms with van der Waals surface area (Å²) >= 11 is 0. The minimum atomic E-state index is 0.535. The molecule has 7 heteroatoms. The van der Waals surface area contributed by atoms with Gasteiger partial charge in [0.15, 0.2) is 11.6 Å². The van der Waals surface area contributed by atoms with E-state index in [0.29, 0.717) is 17.6 Å². The van der Waals surface area contributed by atoms with Crippen molar-refractivity contribution < 1.29 is 4.42 Å². The van der Waals surface area contributed by atoms with Crippen LogP contribution in [0.4, 0.5) is 0 Å². The molecule has 0 saturated heterocycles. The van der Waals surface area contributed by atoms with E-state index in [4.69, 9.17) is 19.4 Å². The van der Waals surface area contributed by atoms with Gasteiger partial charge >= 0.3 is 0 Å². The molecule has 0 radical (unpaired) electrons. The molecule has 0 bridgehead atoms. The summed E-state index contributed by atoms with van der Waals surface area (Å²) in [6.45, 7) is 0. The van der Waals surface area contributed by atoms with E-state index in [1.165, 1.54) is 32.6 Å². The van der Waals surface area contributed by atoms with Crippen LogP contribution < -0.4 is 0 Å². The van der Waals surface area contributed by atoms with Gasteiger partial charge in [-0.1, -0.05) is 152 Å². The Morgan fingerprint density at radius 1 is 0.286 bits per heavy atom. The average Bonchev–Trinajstić information content (AvgIpc) is 4.16. The number of hydrogen-bond acceptors (Lipinski definition) is 4. The predicted molar refractivity (Wildman–Crippen MR) is 286 cm³/mol. The standard InChI is InChI=1S/C63H38N6O/c1-3-17-39(18-4-1)44-27-16-32-58-60(44)49-34-33-41(36-59(49)70-58)62-64-61(65-63(66-62)69-54-30-13-7-23-45(54)46-24-8-14-31-55(46)69)40-19-15-22-43(35-40)68-53-29-12-10-26-48(53)51-37-56-50(38-57(51)68)47-25-9-11-28-52(47)67(56)42-20-5-2-6-21-42/h1-38H. The number of fused-ring (bicyclic) bond motifs is 12. The van der Waals surface area contributed by atoms with Crippen LogP contribution in [0.25, 0.3) is 139 Å². The fraction of sp³-hybridized carbons (Fsp3) is 0. The lowest BCUT2D eigenvalue weighted by atomic mass is 9.99. The summed E-state index contributed by atoms with van der Waals surface area (Å²) in [5.74, 6) is 1.65. The number of rotatable bonds is 6. The summed E-state index contributed by atoms with van der Waals surface area (Å²) in [5.41, 5.74) is 14.4. The van der Waals surface area contributed by atoms with E-state index in [1.54, 1.807) is 0 Å². The second-order valence-corrected chi connectivity index (χ2v) is 18.0. The molecule has 15 rings (SSSR count). The highest BCUT2D eigenvalue weighted by Crippen LogP contribution is 2.42. The van der Waals surface area contributed by atoms with Gasteiger partial charge in [0.2, 0.25) is 5.95 Å². The van der Waals surface area contributed by atoms with E-state index in [2.05, 4.69) is 232 Å². The molecule has 15 aromatic rings. The summed E-state index contributed by atoms with van der Waals surface area (Å²) in [5, 5.41) is 9.16. The lowest BCUT2D eigenvalue weighted by Gasteiger charge is -2.13. The van der Waals surface area contributed by atoms with Gasteiger partial charge < -0.3 is 13.6 Å². The summed E-state index contributed by atoms with van der Waals surface area (Å²) in [6, 6.07) is 81.4. The lowest BCUT2D eigenvalue weighted by Crippen LogP contribution is -2.06. The van der Waals surface area contributed by atoms with Gasteiger partial charge in [0, 0.05) is 65.6 Å². The molecule has 0 amide bonds. The zero-order chi connectivity index (χ0) is 45.9. The maximum absolute atomic E-state index is 6.63. The Hall–Kier alpha value is -9.59. The van der Waals surface area contributed by atoms with Crippen molar-refractivity contribution in [2.75, 3.05) is 0 Å². The predicted octanol–water partition coefficient (Wildman–Crippen LogP) is 16.1. The van der Waals surface area contributed by atoms with Crippen LogP contribution in [0.1, 0.15) is 0 Å². The topological polar surface area (TPSA) is 66.6 Å². The molecule has 0 aliphatic carbocycles. The first-order chi connectivity index (χ1) is 34.7. The van der Waals surface area contributed by atoms with E-state index in [1.807, 2.05) is 12.1 Å². The van der Waals surface area contributed by atoms with Gasteiger partial charge in [-0.15, -0.1) is 0 Å². The van der Waals surface area contributed by atoms with Crippen LogP contribution in [0.15, 0.2) is 235 Å². The van der Waals surface area contributed by atoms with Crippen LogP contribution in [-0.2, 0) is 0 Å². The second kappa shape index (κ2) is 15.0. The first kappa shape index (κ1) is 38.5. The quantitative estimate of drug-likeness (QED) is 0.167. The van der Waals surface area contributed by atoms with Gasteiger partial charge in [-0.25, -0.2) is 4.98 Å². The van der Waals surface area contributed by atoms with Crippen molar-refractivity contribution in [2.24, 2.45) is 0 Å². The van der Waals surface area contributed by atoms with Gasteiger partial charge in [-0.2, -0.15) is 9.97 Å². The lowest BCUT2D eigenvalue weighted by molar-refractivity contribution is 0.669. The Morgan fingerprint density at radius 3 is 1.40 bits per heavy atom. The van der Waals surface area contributed by atoms with Crippen LogP contribution in [0.3, 0.4) is 0 Å². The molecular weight excluding hydrogens is 857 g/mol. The fourth-order valence-electron chi connectivity index (χ4n) is 11.0. The van der Waals surface area contributed by atoms with Gasteiger partial charge in [0.05, 0.1) is 33.1 Å². The Balaban J connectivity index is 0.949. The maximum Gasteiger partial charge on any atom is 0.238 e. The van der Waals surface area contributed by atoms with E-state index < -0.39 is 0 Å². The van der Waals surface area contributed by atoms with Gasteiger partial charge in [-0.05, 0) is 90.0 Å². The maximum atomic E-state index is 6.63. The normalized spacial score (nSPS) is 12.0. The van der Waals surface area contributed by atoms with Gasteiger partial charge in [-0.3, -0.25) is 4.57 Å². The SMILES string of the molecule is c1ccc(-c2cccc3oc4cc(-c5nc(-c6cccc(-n7c8ccccc8c8cc9c(cc87)c7ccccc7n9-c7ccccc7)c6)nc(-n6c7ccccc7c7ccccc76)n5)ccc4c23)cc1. The van der Waals surface area contributed by atoms with Gasteiger partial charge in [0.25, 0.3) is 0 Å². The molecule has 0 spiro atoms. The van der Waals surface area contributed by atoms with Crippen molar-refractivity contribution in [1.29, 1.82) is 0 Å². The zero-order valence-electron chi connectivity index (χ0n) is 37.5. The number of nitrogens with zero attached hydrogens (tertiary/aromatic N) is 6. The fourth-order valence-corrected chi connectivity index (χ4v) is 11.0. The molecule has 0 aliphatic heterocycles. The Bertz CT molecular complexity index is 4540. The third-order valence-electron chi connectivity index (χ3n) is 14.1. The van der Waals surface area contributed by atoms with Crippen molar-refractivity contribution >= 4 is 87.4 Å². The van der Waals surface area contributed by atoms with E-state index >= 15 is 0 Å². The number of furan rings is 1. The van der Waals surface area contributed by atoms with Crippen LogP contribution in [-0.4, -0.2) is 28.7 Å². The minimum Gasteiger partial charge on any atom is -0.456 e. The summed E-state index contributed by atoms with van der Waals surface area (Å²) in [4.78, 5) is 16.0. The minimum absolute atomic E-state index is 0.535.